The van der Waals surface area contributed by atoms with Crippen LogP contribution in [0.3, 0.4) is 0 Å². The predicted octanol–water partition coefficient (Wildman–Crippen LogP) is 2.15. The molecule has 1 aromatic rings. The first kappa shape index (κ1) is 14.9. The maximum atomic E-state index is 13.3. The van der Waals surface area contributed by atoms with Crippen molar-refractivity contribution in [3.05, 3.63) is 41.2 Å². The molecule has 0 heterocycles. The zero-order valence-corrected chi connectivity index (χ0v) is 10.9. The van der Waals surface area contributed by atoms with Crippen molar-refractivity contribution in [2.75, 3.05) is 13.7 Å². The highest BCUT2D eigenvalue weighted by Gasteiger charge is 2.07. The van der Waals surface area contributed by atoms with Gasteiger partial charge in [0.05, 0.1) is 12.7 Å². The van der Waals surface area contributed by atoms with Crippen molar-refractivity contribution in [2.24, 2.45) is 0 Å². The second kappa shape index (κ2) is 7.31. The number of esters is 1. The fourth-order valence-electron chi connectivity index (χ4n) is 1.50. The first-order valence-corrected chi connectivity index (χ1v) is 5.83. The molecule has 0 aromatic heterocycles. The Balaban J connectivity index is 2.67. The van der Waals surface area contributed by atoms with Crippen LogP contribution >= 0.6 is 0 Å². The molecule has 1 N–H and O–H groups in total. The number of hydrogen-bond acceptors (Lipinski definition) is 3. The quantitative estimate of drug-likeness (QED) is 0.655. The largest absolute Gasteiger partial charge is 0.465 e. The second-order valence-electron chi connectivity index (χ2n) is 3.94. The van der Waals surface area contributed by atoms with Crippen molar-refractivity contribution in [1.82, 2.24) is 5.32 Å². The number of ether oxygens (including phenoxy) is 1. The van der Waals surface area contributed by atoms with Gasteiger partial charge in [-0.15, -0.1) is 0 Å². The lowest BCUT2D eigenvalue weighted by Crippen LogP contribution is -2.20. The Morgan fingerprint density at radius 3 is 2.74 bits per heavy atom. The van der Waals surface area contributed by atoms with Gasteiger partial charge in [-0.05, 0) is 30.2 Å². The molecule has 0 spiro atoms. The molecule has 5 heteroatoms. The summed E-state index contributed by atoms with van der Waals surface area (Å²) in [5.74, 6) is -1.16. The number of methoxy groups -OCH3 is 1. The molecule has 0 unspecified atom stereocenters. The summed E-state index contributed by atoms with van der Waals surface area (Å²) < 4.78 is 17.8. The van der Waals surface area contributed by atoms with Crippen LogP contribution in [0.4, 0.5) is 4.39 Å². The Kier molecular flexibility index (Phi) is 5.73. The molecule has 0 radical (unpaired) electrons. The van der Waals surface area contributed by atoms with E-state index in [2.05, 4.69) is 10.1 Å². The van der Waals surface area contributed by atoms with Crippen LogP contribution in [0.25, 0.3) is 6.08 Å². The van der Waals surface area contributed by atoms with Crippen LogP contribution in [0.2, 0.25) is 0 Å². The Bertz CT molecular complexity index is 497. The lowest BCUT2D eigenvalue weighted by molar-refractivity contribution is -0.118. The lowest BCUT2D eigenvalue weighted by Gasteiger charge is -2.02. The number of benzene rings is 1. The van der Waals surface area contributed by atoms with Crippen LogP contribution in [0.5, 0.6) is 0 Å². The normalized spacial score (nSPS) is 10.5. The highest BCUT2D eigenvalue weighted by atomic mass is 19.1. The number of amides is 1. The smallest absolute Gasteiger partial charge is 0.337 e. The highest BCUT2D eigenvalue weighted by molar-refractivity contribution is 5.90. The van der Waals surface area contributed by atoms with Crippen LogP contribution in [0.15, 0.2) is 24.3 Å². The van der Waals surface area contributed by atoms with Crippen molar-refractivity contribution < 1.29 is 18.7 Å². The standard InChI is InChI=1S/C14H16FNO3/c1-10(17)16-6-4-3-5-11-7-12(14(18)19-2)9-13(15)8-11/h3,5,7-9H,4,6H2,1-2H3,(H,16,17). The van der Waals surface area contributed by atoms with E-state index in [1.54, 1.807) is 18.2 Å². The third kappa shape index (κ3) is 5.33. The molecule has 0 atom stereocenters. The molecule has 1 aromatic carbocycles. The van der Waals surface area contributed by atoms with Gasteiger partial charge < -0.3 is 10.1 Å². The minimum absolute atomic E-state index is 0.0906. The summed E-state index contributed by atoms with van der Waals surface area (Å²) in [7, 11) is 1.25. The molecular formula is C14H16FNO3. The van der Waals surface area contributed by atoms with Crippen LogP contribution in [0, 0.1) is 5.82 Å². The van der Waals surface area contributed by atoms with Gasteiger partial charge in [0, 0.05) is 13.5 Å². The molecule has 0 aliphatic rings. The van der Waals surface area contributed by atoms with Crippen molar-refractivity contribution in [3.63, 3.8) is 0 Å². The molecule has 4 nitrogen and oxygen atoms in total. The van der Waals surface area contributed by atoms with Crippen LogP contribution < -0.4 is 5.32 Å². The van der Waals surface area contributed by atoms with E-state index >= 15 is 0 Å². The molecule has 1 amide bonds. The summed E-state index contributed by atoms with van der Waals surface area (Å²) in [6.45, 7) is 1.96. The maximum absolute atomic E-state index is 13.3. The number of rotatable bonds is 5. The minimum Gasteiger partial charge on any atom is -0.465 e. The molecular weight excluding hydrogens is 249 g/mol. The first-order valence-electron chi connectivity index (χ1n) is 5.83. The average molecular weight is 265 g/mol. The predicted molar refractivity (Wildman–Crippen MR) is 70.1 cm³/mol. The van der Waals surface area contributed by atoms with Gasteiger partial charge in [-0.25, -0.2) is 9.18 Å². The summed E-state index contributed by atoms with van der Waals surface area (Å²) in [4.78, 5) is 21.9. The van der Waals surface area contributed by atoms with Gasteiger partial charge in [0.1, 0.15) is 5.82 Å². The summed E-state index contributed by atoms with van der Waals surface area (Å²) in [5, 5.41) is 2.64. The molecule has 0 fully saturated rings. The SMILES string of the molecule is COC(=O)c1cc(F)cc(C=CCCNC(C)=O)c1. The summed E-state index contributed by atoms with van der Waals surface area (Å²) >= 11 is 0. The maximum Gasteiger partial charge on any atom is 0.337 e. The van der Waals surface area contributed by atoms with Crippen molar-refractivity contribution >= 4 is 18.0 Å². The van der Waals surface area contributed by atoms with Gasteiger partial charge in [-0.3, -0.25) is 4.79 Å². The van der Waals surface area contributed by atoms with Gasteiger partial charge >= 0.3 is 5.97 Å². The summed E-state index contributed by atoms with van der Waals surface area (Å²) in [6.07, 6.45) is 4.12. The minimum atomic E-state index is -0.576. The van der Waals surface area contributed by atoms with Gasteiger partial charge in [0.25, 0.3) is 0 Å². The average Bonchev–Trinajstić information content (AvgIpc) is 2.36. The van der Waals surface area contributed by atoms with Crippen LogP contribution in [-0.4, -0.2) is 25.5 Å². The number of nitrogens with one attached hydrogen (secondary N) is 1. The second-order valence-corrected chi connectivity index (χ2v) is 3.94. The van der Waals surface area contributed by atoms with Gasteiger partial charge in [-0.1, -0.05) is 12.2 Å². The van der Waals surface area contributed by atoms with Gasteiger partial charge in [0.2, 0.25) is 5.91 Å². The Labute approximate surface area is 111 Å². The van der Waals surface area contributed by atoms with Crippen molar-refractivity contribution in [3.8, 4) is 0 Å². The molecule has 0 saturated heterocycles. The van der Waals surface area contributed by atoms with Gasteiger partial charge in [0.15, 0.2) is 0 Å². The third-order valence-electron chi connectivity index (χ3n) is 2.34. The van der Waals surface area contributed by atoms with E-state index in [1.165, 1.54) is 20.1 Å². The molecule has 0 aliphatic carbocycles. The molecule has 19 heavy (non-hydrogen) atoms. The summed E-state index contributed by atoms with van der Waals surface area (Å²) in [6, 6.07) is 3.99. The van der Waals surface area contributed by atoms with E-state index in [1.807, 2.05) is 0 Å². The topological polar surface area (TPSA) is 55.4 Å². The van der Waals surface area contributed by atoms with E-state index in [9.17, 15) is 14.0 Å². The number of carbonyl (C=O) groups is 2. The monoisotopic (exact) mass is 265 g/mol. The zero-order chi connectivity index (χ0) is 14.3. The first-order chi connectivity index (χ1) is 9.02. The fourth-order valence-corrected chi connectivity index (χ4v) is 1.50. The number of carbonyl (C=O) groups excluding carboxylic acids is 2. The molecule has 0 saturated carbocycles. The van der Waals surface area contributed by atoms with E-state index in [0.29, 0.717) is 18.5 Å². The van der Waals surface area contributed by atoms with Gasteiger partial charge in [-0.2, -0.15) is 0 Å². The van der Waals surface area contributed by atoms with E-state index < -0.39 is 11.8 Å². The Morgan fingerprint density at radius 2 is 2.11 bits per heavy atom. The van der Waals surface area contributed by atoms with Crippen LogP contribution in [0.1, 0.15) is 29.3 Å². The summed E-state index contributed by atoms with van der Waals surface area (Å²) in [5.41, 5.74) is 0.743. The van der Waals surface area contributed by atoms with Crippen molar-refractivity contribution in [1.29, 1.82) is 0 Å². The molecule has 0 bridgehead atoms. The van der Waals surface area contributed by atoms with Crippen LogP contribution in [-0.2, 0) is 9.53 Å². The fraction of sp³-hybridized carbons (Fsp3) is 0.286. The van der Waals surface area contributed by atoms with Crippen molar-refractivity contribution in [2.45, 2.75) is 13.3 Å². The Hall–Kier alpha value is -2.17. The number of halogens is 1. The van der Waals surface area contributed by atoms with E-state index in [0.717, 1.165) is 6.07 Å². The third-order valence-corrected chi connectivity index (χ3v) is 2.34. The highest BCUT2D eigenvalue weighted by Crippen LogP contribution is 2.12. The lowest BCUT2D eigenvalue weighted by atomic mass is 10.1. The van der Waals surface area contributed by atoms with E-state index in [-0.39, 0.29) is 11.5 Å². The van der Waals surface area contributed by atoms with E-state index in [4.69, 9.17) is 0 Å². The number of hydrogen-bond donors (Lipinski definition) is 1. The molecule has 1 rings (SSSR count). The molecule has 0 aliphatic heterocycles. The Morgan fingerprint density at radius 1 is 1.37 bits per heavy atom. The molecule has 102 valence electrons. The zero-order valence-electron chi connectivity index (χ0n) is 10.9.